The Morgan fingerprint density at radius 3 is 2.79 bits per heavy atom. The van der Waals surface area contributed by atoms with E-state index in [4.69, 9.17) is 9.84 Å². The summed E-state index contributed by atoms with van der Waals surface area (Å²) in [5.41, 5.74) is 0. The van der Waals surface area contributed by atoms with E-state index in [0.717, 1.165) is 6.42 Å². The van der Waals surface area contributed by atoms with Gasteiger partial charge in [0.2, 0.25) is 5.91 Å². The molecule has 6 heteroatoms. The maximum atomic E-state index is 11.4. The number of nitrogens with one attached hydrogen (secondary N) is 1. The minimum atomic E-state index is -1.08. The second kappa shape index (κ2) is 5.21. The SMILES string of the molecule is O=C(O)C(CS)NC(=O)C1CCCO1. The Kier molecular flexibility index (Phi) is 4.21. The zero-order valence-electron chi connectivity index (χ0n) is 7.60. The Morgan fingerprint density at radius 1 is 1.64 bits per heavy atom. The third kappa shape index (κ3) is 2.88. The molecule has 0 aromatic rings. The highest BCUT2D eigenvalue weighted by Crippen LogP contribution is 2.11. The molecular weight excluding hydrogens is 206 g/mol. The van der Waals surface area contributed by atoms with Crippen LogP contribution in [0.2, 0.25) is 0 Å². The van der Waals surface area contributed by atoms with E-state index in [1.807, 2.05) is 0 Å². The summed E-state index contributed by atoms with van der Waals surface area (Å²) in [5.74, 6) is -1.36. The molecule has 1 fully saturated rings. The van der Waals surface area contributed by atoms with Crippen molar-refractivity contribution in [3.8, 4) is 0 Å². The molecule has 80 valence electrons. The van der Waals surface area contributed by atoms with Crippen LogP contribution in [-0.4, -0.2) is 41.5 Å². The van der Waals surface area contributed by atoms with Crippen LogP contribution >= 0.6 is 12.6 Å². The fourth-order valence-corrected chi connectivity index (χ4v) is 1.48. The van der Waals surface area contributed by atoms with Crippen LogP contribution in [0.5, 0.6) is 0 Å². The van der Waals surface area contributed by atoms with E-state index in [2.05, 4.69) is 17.9 Å². The number of ether oxygens (including phenoxy) is 1. The van der Waals surface area contributed by atoms with Crippen LogP contribution in [-0.2, 0) is 14.3 Å². The highest BCUT2D eigenvalue weighted by Gasteiger charge is 2.27. The molecule has 1 amide bonds. The predicted molar refractivity (Wildman–Crippen MR) is 52.4 cm³/mol. The molecule has 0 bridgehead atoms. The lowest BCUT2D eigenvalue weighted by Gasteiger charge is -2.14. The van der Waals surface area contributed by atoms with Crippen LogP contribution in [0.4, 0.5) is 0 Å². The van der Waals surface area contributed by atoms with Crippen molar-refractivity contribution >= 4 is 24.5 Å². The molecule has 14 heavy (non-hydrogen) atoms. The fraction of sp³-hybridized carbons (Fsp3) is 0.750. The zero-order valence-corrected chi connectivity index (χ0v) is 8.50. The van der Waals surface area contributed by atoms with Gasteiger partial charge >= 0.3 is 5.97 Å². The van der Waals surface area contributed by atoms with Gasteiger partial charge in [-0.15, -0.1) is 0 Å². The molecule has 0 saturated carbocycles. The Bertz CT molecular complexity index is 227. The molecule has 1 heterocycles. The Balaban J connectivity index is 2.41. The molecule has 1 aliphatic heterocycles. The van der Waals surface area contributed by atoms with Crippen LogP contribution in [0.25, 0.3) is 0 Å². The van der Waals surface area contributed by atoms with Gasteiger partial charge in [0.25, 0.3) is 0 Å². The van der Waals surface area contributed by atoms with Crippen LogP contribution in [0, 0.1) is 0 Å². The molecule has 2 unspecified atom stereocenters. The van der Waals surface area contributed by atoms with E-state index in [1.165, 1.54) is 0 Å². The molecule has 0 spiro atoms. The van der Waals surface area contributed by atoms with Gasteiger partial charge in [0, 0.05) is 12.4 Å². The average molecular weight is 219 g/mol. The molecule has 0 aromatic heterocycles. The van der Waals surface area contributed by atoms with Gasteiger partial charge in [0.15, 0.2) is 0 Å². The minimum absolute atomic E-state index is 0.0772. The summed E-state index contributed by atoms with van der Waals surface area (Å²) >= 11 is 3.84. The quantitative estimate of drug-likeness (QED) is 0.566. The number of rotatable bonds is 4. The predicted octanol–water partition coefficient (Wildman–Crippen LogP) is -0.335. The van der Waals surface area contributed by atoms with Gasteiger partial charge < -0.3 is 15.2 Å². The highest BCUT2D eigenvalue weighted by molar-refractivity contribution is 7.80. The van der Waals surface area contributed by atoms with Gasteiger partial charge in [-0.1, -0.05) is 0 Å². The highest BCUT2D eigenvalue weighted by atomic mass is 32.1. The number of carboxylic acid groups (broad SMARTS) is 1. The minimum Gasteiger partial charge on any atom is -0.480 e. The van der Waals surface area contributed by atoms with Crippen molar-refractivity contribution in [2.45, 2.75) is 25.0 Å². The molecule has 0 radical (unpaired) electrons. The number of carbonyl (C=O) groups is 2. The van der Waals surface area contributed by atoms with Crippen molar-refractivity contribution in [2.75, 3.05) is 12.4 Å². The summed E-state index contributed by atoms with van der Waals surface area (Å²) in [5, 5.41) is 11.0. The maximum absolute atomic E-state index is 11.4. The Hall–Kier alpha value is -0.750. The second-order valence-electron chi connectivity index (χ2n) is 3.08. The smallest absolute Gasteiger partial charge is 0.327 e. The van der Waals surface area contributed by atoms with Crippen molar-refractivity contribution in [3.63, 3.8) is 0 Å². The second-order valence-corrected chi connectivity index (χ2v) is 3.45. The van der Waals surface area contributed by atoms with Crippen LogP contribution in [0.15, 0.2) is 0 Å². The third-order valence-corrected chi connectivity index (χ3v) is 2.38. The van der Waals surface area contributed by atoms with E-state index in [-0.39, 0.29) is 11.7 Å². The summed E-state index contributed by atoms with van der Waals surface area (Å²) in [4.78, 5) is 22.0. The fourth-order valence-electron chi connectivity index (χ4n) is 1.23. The standard InChI is InChI=1S/C8H13NO4S/c10-7(6-2-1-3-13-6)9-5(4-14)8(11)12/h5-6,14H,1-4H2,(H,9,10)(H,11,12). The van der Waals surface area contributed by atoms with Gasteiger partial charge in [0.05, 0.1) is 0 Å². The molecular formula is C8H13NO4S. The van der Waals surface area contributed by atoms with Crippen LogP contribution in [0.1, 0.15) is 12.8 Å². The van der Waals surface area contributed by atoms with Crippen molar-refractivity contribution in [1.29, 1.82) is 0 Å². The van der Waals surface area contributed by atoms with Gasteiger partial charge in [-0.05, 0) is 12.8 Å². The van der Waals surface area contributed by atoms with E-state index in [0.29, 0.717) is 13.0 Å². The first kappa shape index (κ1) is 11.3. The summed E-state index contributed by atoms with van der Waals surface area (Å²) in [6, 6.07) is -0.935. The third-order valence-electron chi connectivity index (χ3n) is 2.02. The van der Waals surface area contributed by atoms with Crippen LogP contribution < -0.4 is 5.32 Å². The monoisotopic (exact) mass is 219 g/mol. The van der Waals surface area contributed by atoms with Crippen molar-refractivity contribution in [3.05, 3.63) is 0 Å². The molecule has 1 rings (SSSR count). The number of carboxylic acids is 1. The molecule has 1 aliphatic rings. The normalized spacial score (nSPS) is 23.1. The van der Waals surface area contributed by atoms with Gasteiger partial charge in [0.1, 0.15) is 12.1 Å². The molecule has 2 atom stereocenters. The number of carbonyl (C=O) groups excluding carboxylic acids is 1. The molecule has 0 aliphatic carbocycles. The topological polar surface area (TPSA) is 75.6 Å². The summed E-state index contributed by atoms with van der Waals surface area (Å²) in [7, 11) is 0. The lowest BCUT2D eigenvalue weighted by atomic mass is 10.2. The molecule has 0 aromatic carbocycles. The number of hydrogen-bond donors (Lipinski definition) is 3. The number of aliphatic carboxylic acids is 1. The lowest BCUT2D eigenvalue weighted by molar-refractivity contribution is -0.142. The maximum Gasteiger partial charge on any atom is 0.327 e. The van der Waals surface area contributed by atoms with Crippen LogP contribution in [0.3, 0.4) is 0 Å². The number of hydrogen-bond acceptors (Lipinski definition) is 4. The largest absolute Gasteiger partial charge is 0.480 e. The van der Waals surface area contributed by atoms with E-state index < -0.39 is 18.1 Å². The van der Waals surface area contributed by atoms with E-state index >= 15 is 0 Å². The van der Waals surface area contributed by atoms with Gasteiger partial charge in [-0.3, -0.25) is 4.79 Å². The average Bonchev–Trinajstić information content (AvgIpc) is 2.65. The Morgan fingerprint density at radius 2 is 2.36 bits per heavy atom. The van der Waals surface area contributed by atoms with E-state index in [1.54, 1.807) is 0 Å². The Labute approximate surface area is 87.2 Å². The first-order chi connectivity index (χ1) is 6.65. The number of thiol groups is 1. The van der Waals surface area contributed by atoms with Crippen molar-refractivity contribution < 1.29 is 19.4 Å². The first-order valence-electron chi connectivity index (χ1n) is 4.40. The van der Waals surface area contributed by atoms with Crippen molar-refractivity contribution in [1.82, 2.24) is 5.32 Å². The molecule has 1 saturated heterocycles. The van der Waals surface area contributed by atoms with Gasteiger partial charge in [-0.25, -0.2) is 4.79 Å². The molecule has 2 N–H and O–H groups in total. The number of amides is 1. The summed E-state index contributed by atoms with van der Waals surface area (Å²) < 4.78 is 5.11. The van der Waals surface area contributed by atoms with Crippen molar-refractivity contribution in [2.24, 2.45) is 0 Å². The summed E-state index contributed by atoms with van der Waals surface area (Å²) in [6.07, 6.45) is 1.01. The molecule has 5 nitrogen and oxygen atoms in total. The van der Waals surface area contributed by atoms with Gasteiger partial charge in [-0.2, -0.15) is 12.6 Å². The first-order valence-corrected chi connectivity index (χ1v) is 5.04. The summed E-state index contributed by atoms with van der Waals surface area (Å²) in [6.45, 7) is 0.566. The zero-order chi connectivity index (χ0) is 10.6. The lowest BCUT2D eigenvalue weighted by Crippen LogP contribution is -2.46. The van der Waals surface area contributed by atoms with E-state index in [9.17, 15) is 9.59 Å².